The van der Waals surface area contributed by atoms with Crippen LogP contribution in [-0.2, 0) is 22.5 Å². The van der Waals surface area contributed by atoms with Crippen LogP contribution in [0.1, 0.15) is 44.7 Å². The number of hydrazine groups is 1. The van der Waals surface area contributed by atoms with Gasteiger partial charge in [-0.15, -0.1) is 0 Å². The standard InChI is InChI=1S/C27H37N3O5/c1-27(2,3)35-26(33)30-17-11-10-16-29(30)19-24(31)23(18-21-12-6-4-7-13-21)28-25(32)34-20-22-14-8-5-9-15-22/h4-9,12-15,23-24,31H,10-11,16-20H2,1-3H3,(H,28,32)/t23-,24-/m0/s1. The summed E-state index contributed by atoms with van der Waals surface area (Å²) in [6, 6.07) is 18.5. The molecular formula is C27H37N3O5. The summed E-state index contributed by atoms with van der Waals surface area (Å²) in [5.41, 5.74) is 1.24. The zero-order chi connectivity index (χ0) is 25.3. The second-order valence-corrected chi connectivity index (χ2v) is 9.79. The zero-order valence-corrected chi connectivity index (χ0v) is 20.9. The Morgan fingerprint density at radius 1 is 0.971 bits per heavy atom. The molecule has 0 unspecified atom stereocenters. The molecule has 0 bridgehead atoms. The predicted molar refractivity (Wildman–Crippen MR) is 133 cm³/mol. The van der Waals surface area contributed by atoms with Crippen LogP contribution in [0.25, 0.3) is 0 Å². The first-order valence-electron chi connectivity index (χ1n) is 12.2. The summed E-state index contributed by atoms with van der Waals surface area (Å²) in [5.74, 6) is 0. The monoisotopic (exact) mass is 483 g/mol. The Kier molecular flexibility index (Phi) is 9.51. The van der Waals surface area contributed by atoms with Crippen molar-refractivity contribution in [3.63, 3.8) is 0 Å². The molecule has 2 aromatic rings. The molecule has 0 aromatic heterocycles. The van der Waals surface area contributed by atoms with Crippen molar-refractivity contribution in [1.82, 2.24) is 15.3 Å². The lowest BCUT2D eigenvalue weighted by Gasteiger charge is -2.40. The van der Waals surface area contributed by atoms with Gasteiger partial charge in [-0.25, -0.2) is 19.6 Å². The number of β-amino-alcohol motifs (C(OH)–C–C–N with tert-alkyl or cyclic N) is 1. The van der Waals surface area contributed by atoms with Crippen molar-refractivity contribution in [1.29, 1.82) is 0 Å². The summed E-state index contributed by atoms with van der Waals surface area (Å²) in [7, 11) is 0. The maximum Gasteiger partial charge on any atom is 0.424 e. The number of carbonyl (C=O) groups excluding carboxylic acids is 2. The van der Waals surface area contributed by atoms with E-state index in [0.29, 0.717) is 19.5 Å². The number of carbonyl (C=O) groups is 2. The van der Waals surface area contributed by atoms with E-state index < -0.39 is 29.9 Å². The fourth-order valence-electron chi connectivity index (χ4n) is 3.94. The van der Waals surface area contributed by atoms with Crippen LogP contribution in [0.5, 0.6) is 0 Å². The summed E-state index contributed by atoms with van der Waals surface area (Å²) >= 11 is 0. The van der Waals surface area contributed by atoms with E-state index in [0.717, 1.165) is 24.0 Å². The van der Waals surface area contributed by atoms with Crippen LogP contribution in [0, 0.1) is 0 Å². The third-order valence-electron chi connectivity index (χ3n) is 5.66. The van der Waals surface area contributed by atoms with E-state index in [1.807, 2.05) is 86.4 Å². The van der Waals surface area contributed by atoms with Crippen molar-refractivity contribution in [2.75, 3.05) is 19.6 Å². The summed E-state index contributed by atoms with van der Waals surface area (Å²) in [6.07, 6.45) is 0.215. The van der Waals surface area contributed by atoms with Crippen LogP contribution < -0.4 is 5.32 Å². The van der Waals surface area contributed by atoms with Crippen molar-refractivity contribution in [2.24, 2.45) is 0 Å². The van der Waals surface area contributed by atoms with Crippen molar-refractivity contribution in [2.45, 2.75) is 64.4 Å². The van der Waals surface area contributed by atoms with Crippen molar-refractivity contribution >= 4 is 12.2 Å². The number of amides is 2. The summed E-state index contributed by atoms with van der Waals surface area (Å²) in [6.45, 7) is 6.94. The van der Waals surface area contributed by atoms with Gasteiger partial charge >= 0.3 is 12.2 Å². The third kappa shape index (κ3) is 8.88. The SMILES string of the molecule is CC(C)(C)OC(=O)N1CCCCN1C[C@H](O)[C@H](Cc1ccccc1)NC(=O)OCc1ccccc1. The van der Waals surface area contributed by atoms with Crippen LogP contribution in [0.4, 0.5) is 9.59 Å². The molecule has 1 aliphatic heterocycles. The topological polar surface area (TPSA) is 91.3 Å². The van der Waals surface area contributed by atoms with Gasteiger partial charge in [-0.05, 0) is 51.2 Å². The number of benzene rings is 2. The van der Waals surface area contributed by atoms with Crippen LogP contribution in [0.15, 0.2) is 60.7 Å². The summed E-state index contributed by atoms with van der Waals surface area (Å²) in [5, 5.41) is 17.4. The number of alkyl carbamates (subject to hydrolysis) is 1. The smallest absolute Gasteiger partial charge is 0.424 e. The zero-order valence-electron chi connectivity index (χ0n) is 20.9. The van der Waals surface area contributed by atoms with Gasteiger partial charge in [0.05, 0.1) is 12.1 Å². The maximum atomic E-state index is 12.8. The Morgan fingerprint density at radius 2 is 1.57 bits per heavy atom. The van der Waals surface area contributed by atoms with Crippen molar-refractivity contribution < 1.29 is 24.2 Å². The molecule has 0 spiro atoms. The van der Waals surface area contributed by atoms with E-state index >= 15 is 0 Å². The van der Waals surface area contributed by atoms with E-state index in [2.05, 4.69) is 5.32 Å². The molecule has 2 N–H and O–H groups in total. The number of aliphatic hydroxyl groups is 1. The molecule has 0 radical (unpaired) electrons. The van der Waals surface area contributed by atoms with E-state index in [-0.39, 0.29) is 13.2 Å². The quantitative estimate of drug-likeness (QED) is 0.587. The molecule has 35 heavy (non-hydrogen) atoms. The molecule has 1 aliphatic rings. The van der Waals surface area contributed by atoms with Crippen LogP contribution in [-0.4, -0.2) is 64.7 Å². The highest BCUT2D eigenvalue weighted by Gasteiger charge is 2.32. The highest BCUT2D eigenvalue weighted by atomic mass is 16.6. The van der Waals surface area contributed by atoms with Gasteiger partial charge in [0.2, 0.25) is 0 Å². The first-order valence-corrected chi connectivity index (χ1v) is 12.2. The molecule has 3 rings (SSSR count). The van der Waals surface area contributed by atoms with Gasteiger partial charge < -0.3 is 19.9 Å². The van der Waals surface area contributed by atoms with E-state index in [1.54, 1.807) is 5.01 Å². The highest BCUT2D eigenvalue weighted by molar-refractivity contribution is 5.68. The number of aliphatic hydroxyl groups excluding tert-OH is 1. The Balaban J connectivity index is 1.67. The predicted octanol–water partition coefficient (Wildman–Crippen LogP) is 4.13. The van der Waals surface area contributed by atoms with E-state index in [9.17, 15) is 14.7 Å². The fraction of sp³-hybridized carbons (Fsp3) is 0.481. The minimum absolute atomic E-state index is 0.138. The Hall–Kier alpha value is -3.10. The van der Waals surface area contributed by atoms with E-state index in [1.165, 1.54) is 0 Å². The van der Waals surface area contributed by atoms with Gasteiger partial charge in [-0.1, -0.05) is 60.7 Å². The number of hydrogen-bond acceptors (Lipinski definition) is 6. The molecule has 8 nitrogen and oxygen atoms in total. The minimum atomic E-state index is -0.942. The molecule has 1 fully saturated rings. The second kappa shape index (κ2) is 12.6. The molecule has 1 heterocycles. The first-order chi connectivity index (χ1) is 16.7. The van der Waals surface area contributed by atoms with Crippen LogP contribution in [0.2, 0.25) is 0 Å². The van der Waals surface area contributed by atoms with Crippen molar-refractivity contribution in [3.8, 4) is 0 Å². The van der Waals surface area contributed by atoms with Crippen molar-refractivity contribution in [3.05, 3.63) is 71.8 Å². The van der Waals surface area contributed by atoms with E-state index in [4.69, 9.17) is 9.47 Å². The van der Waals surface area contributed by atoms with Gasteiger partial charge in [0.25, 0.3) is 0 Å². The lowest BCUT2D eigenvalue weighted by molar-refractivity contribution is -0.0840. The Bertz CT molecular complexity index is 933. The Labute approximate surface area is 207 Å². The van der Waals surface area contributed by atoms with Gasteiger partial charge in [0.1, 0.15) is 12.2 Å². The summed E-state index contributed by atoms with van der Waals surface area (Å²) < 4.78 is 10.9. The largest absolute Gasteiger partial charge is 0.445 e. The van der Waals surface area contributed by atoms with Gasteiger partial charge in [-0.2, -0.15) is 0 Å². The number of nitrogens with one attached hydrogen (secondary N) is 1. The van der Waals surface area contributed by atoms with Gasteiger partial charge in [0, 0.05) is 19.6 Å². The number of hydrogen-bond donors (Lipinski definition) is 2. The molecular weight excluding hydrogens is 446 g/mol. The highest BCUT2D eigenvalue weighted by Crippen LogP contribution is 2.18. The van der Waals surface area contributed by atoms with Gasteiger partial charge in [-0.3, -0.25) is 0 Å². The molecule has 0 saturated carbocycles. The molecule has 2 amide bonds. The normalized spacial score (nSPS) is 16.3. The number of rotatable bonds is 8. The second-order valence-electron chi connectivity index (χ2n) is 9.79. The van der Waals surface area contributed by atoms with Crippen LogP contribution >= 0.6 is 0 Å². The van der Waals surface area contributed by atoms with Gasteiger partial charge in [0.15, 0.2) is 0 Å². The number of nitrogens with zero attached hydrogens (tertiary/aromatic N) is 2. The molecule has 2 atom stereocenters. The maximum absolute atomic E-state index is 12.8. The minimum Gasteiger partial charge on any atom is -0.445 e. The van der Waals surface area contributed by atoms with Crippen LogP contribution in [0.3, 0.4) is 0 Å². The molecule has 190 valence electrons. The molecule has 0 aliphatic carbocycles. The molecule has 1 saturated heterocycles. The third-order valence-corrected chi connectivity index (χ3v) is 5.66. The average molecular weight is 484 g/mol. The fourth-order valence-corrected chi connectivity index (χ4v) is 3.94. The summed E-state index contributed by atoms with van der Waals surface area (Å²) in [4.78, 5) is 25.4. The lowest BCUT2D eigenvalue weighted by Crippen LogP contribution is -2.57. The molecule has 2 aromatic carbocycles. The Morgan fingerprint density at radius 3 is 2.20 bits per heavy atom. The first kappa shape index (κ1) is 26.5. The lowest BCUT2D eigenvalue weighted by atomic mass is 10.0. The average Bonchev–Trinajstić information content (AvgIpc) is 2.83. The molecule has 8 heteroatoms. The number of ether oxygens (including phenoxy) is 2.